The summed E-state index contributed by atoms with van der Waals surface area (Å²) in [4.78, 5) is -0.115. The van der Waals surface area contributed by atoms with Gasteiger partial charge in [-0.1, -0.05) is 61.7 Å². The van der Waals surface area contributed by atoms with Crippen LogP contribution in [0.5, 0.6) is 0 Å². The Morgan fingerprint density at radius 1 is 1.06 bits per heavy atom. The zero-order valence-corrected chi connectivity index (χ0v) is 12.4. The Kier molecular flexibility index (Phi) is 4.00. The molecule has 17 heavy (non-hydrogen) atoms. The molecule has 3 heteroatoms. The molecule has 0 spiro atoms. The molecule has 1 unspecified atom stereocenters. The molecule has 2 aromatic rings. The first-order valence-electron chi connectivity index (χ1n) is 5.23. The molecular weight excluding hydrogens is 347 g/mol. The molecule has 0 aliphatic heterocycles. The van der Waals surface area contributed by atoms with E-state index in [1.807, 2.05) is 37.3 Å². The monoisotopic (exact) mass is 356 g/mol. The summed E-state index contributed by atoms with van der Waals surface area (Å²) in [5.74, 6) is -0.180. The van der Waals surface area contributed by atoms with Gasteiger partial charge in [-0.2, -0.15) is 0 Å². The Balaban J connectivity index is 2.39. The van der Waals surface area contributed by atoms with Gasteiger partial charge in [0.15, 0.2) is 0 Å². The fourth-order valence-electron chi connectivity index (χ4n) is 1.67. The van der Waals surface area contributed by atoms with Crippen LogP contribution in [0.1, 0.15) is 21.5 Å². The van der Waals surface area contributed by atoms with Crippen LogP contribution in [-0.4, -0.2) is 0 Å². The first kappa shape index (κ1) is 12.8. The van der Waals surface area contributed by atoms with Gasteiger partial charge in [-0.25, -0.2) is 4.39 Å². The third kappa shape index (κ3) is 2.96. The molecule has 2 aromatic carbocycles. The lowest BCUT2D eigenvalue weighted by molar-refractivity contribution is 0.613. The van der Waals surface area contributed by atoms with Crippen molar-refractivity contribution in [1.82, 2.24) is 0 Å². The number of benzene rings is 2. The minimum Gasteiger partial charge on any atom is -0.207 e. The zero-order chi connectivity index (χ0) is 12.4. The van der Waals surface area contributed by atoms with Crippen molar-refractivity contribution in [3.05, 3.63) is 69.4 Å². The van der Waals surface area contributed by atoms with Crippen molar-refractivity contribution in [3.63, 3.8) is 0 Å². The van der Waals surface area contributed by atoms with Crippen molar-refractivity contribution >= 4 is 31.9 Å². The van der Waals surface area contributed by atoms with E-state index in [2.05, 4.69) is 31.9 Å². The van der Waals surface area contributed by atoms with Gasteiger partial charge in [0, 0.05) is 10.0 Å². The van der Waals surface area contributed by atoms with E-state index in [4.69, 9.17) is 0 Å². The Bertz CT molecular complexity index is 520. The molecule has 0 bridgehead atoms. The van der Waals surface area contributed by atoms with E-state index in [0.29, 0.717) is 5.56 Å². The number of rotatable bonds is 2. The summed E-state index contributed by atoms with van der Waals surface area (Å²) in [5.41, 5.74) is 2.77. The summed E-state index contributed by atoms with van der Waals surface area (Å²) >= 11 is 6.94. The zero-order valence-electron chi connectivity index (χ0n) is 9.25. The van der Waals surface area contributed by atoms with Gasteiger partial charge in [0.25, 0.3) is 0 Å². The van der Waals surface area contributed by atoms with Gasteiger partial charge in [0.2, 0.25) is 0 Å². The highest BCUT2D eigenvalue weighted by atomic mass is 79.9. The summed E-state index contributed by atoms with van der Waals surface area (Å²) in [6.07, 6.45) is 0. The number of halogens is 3. The van der Waals surface area contributed by atoms with E-state index in [1.54, 1.807) is 6.07 Å². The van der Waals surface area contributed by atoms with E-state index in [-0.39, 0.29) is 10.6 Å². The number of hydrogen-bond acceptors (Lipinski definition) is 0. The molecule has 2 rings (SSSR count). The maximum Gasteiger partial charge on any atom is 0.127 e. The van der Waals surface area contributed by atoms with Gasteiger partial charge < -0.3 is 0 Å². The van der Waals surface area contributed by atoms with Crippen LogP contribution in [0.25, 0.3) is 0 Å². The van der Waals surface area contributed by atoms with Crippen LogP contribution >= 0.6 is 31.9 Å². The highest BCUT2D eigenvalue weighted by Crippen LogP contribution is 2.33. The van der Waals surface area contributed by atoms with E-state index in [9.17, 15) is 4.39 Å². The largest absolute Gasteiger partial charge is 0.207 e. The van der Waals surface area contributed by atoms with Gasteiger partial charge in [0.05, 0.1) is 4.83 Å². The molecule has 1 atom stereocenters. The predicted molar refractivity (Wildman–Crippen MR) is 76.0 cm³/mol. The molecule has 0 saturated heterocycles. The molecule has 0 fully saturated rings. The van der Waals surface area contributed by atoms with E-state index in [1.165, 1.54) is 6.07 Å². The highest BCUT2D eigenvalue weighted by molar-refractivity contribution is 9.10. The topological polar surface area (TPSA) is 0 Å². The number of alkyl halides is 1. The van der Waals surface area contributed by atoms with Crippen molar-refractivity contribution in [1.29, 1.82) is 0 Å². The van der Waals surface area contributed by atoms with Crippen molar-refractivity contribution in [3.8, 4) is 0 Å². The predicted octanol–water partition coefficient (Wildman–Crippen LogP) is 5.38. The van der Waals surface area contributed by atoms with Crippen molar-refractivity contribution in [2.45, 2.75) is 11.8 Å². The molecule has 0 heterocycles. The molecule has 88 valence electrons. The minimum atomic E-state index is -0.180. The minimum absolute atomic E-state index is 0.115. The van der Waals surface area contributed by atoms with Crippen molar-refractivity contribution < 1.29 is 4.39 Å². The summed E-state index contributed by atoms with van der Waals surface area (Å²) in [7, 11) is 0. The average Bonchev–Trinajstić information content (AvgIpc) is 2.32. The van der Waals surface area contributed by atoms with Crippen LogP contribution in [0.3, 0.4) is 0 Å². The summed E-state index contributed by atoms with van der Waals surface area (Å²) in [5, 5.41) is 0. The third-order valence-corrected chi connectivity index (χ3v) is 4.14. The van der Waals surface area contributed by atoms with Crippen LogP contribution < -0.4 is 0 Å². The van der Waals surface area contributed by atoms with E-state index >= 15 is 0 Å². The Morgan fingerprint density at radius 2 is 1.71 bits per heavy atom. The molecule has 0 aliphatic carbocycles. The molecule has 0 aliphatic rings. The smallest absolute Gasteiger partial charge is 0.127 e. The van der Waals surface area contributed by atoms with Gasteiger partial charge in [-0.05, 0) is 30.7 Å². The van der Waals surface area contributed by atoms with Crippen LogP contribution in [0, 0.1) is 12.7 Å². The Hall–Kier alpha value is -0.670. The van der Waals surface area contributed by atoms with Crippen LogP contribution in [0.2, 0.25) is 0 Å². The lowest BCUT2D eigenvalue weighted by Gasteiger charge is -2.12. The third-order valence-electron chi connectivity index (χ3n) is 2.59. The maximum atomic E-state index is 13.7. The molecule has 0 amide bonds. The lowest BCUT2D eigenvalue weighted by Crippen LogP contribution is -1.97. The fraction of sp³-hybridized carbons (Fsp3) is 0.143. The SMILES string of the molecule is Cc1ccc(F)c(C(Br)c2ccc(Br)cc2)c1. The second-order valence-electron chi connectivity index (χ2n) is 3.94. The molecule has 0 saturated carbocycles. The van der Waals surface area contributed by atoms with E-state index < -0.39 is 0 Å². The number of aryl methyl sites for hydroxylation is 1. The molecule has 0 radical (unpaired) electrons. The van der Waals surface area contributed by atoms with Crippen molar-refractivity contribution in [2.24, 2.45) is 0 Å². The maximum absolute atomic E-state index is 13.7. The van der Waals surface area contributed by atoms with Crippen LogP contribution in [0.4, 0.5) is 4.39 Å². The fourth-order valence-corrected chi connectivity index (χ4v) is 2.59. The molecule has 0 nitrogen and oxygen atoms in total. The second-order valence-corrected chi connectivity index (χ2v) is 5.77. The molecule has 0 N–H and O–H groups in total. The normalized spacial score (nSPS) is 12.5. The van der Waals surface area contributed by atoms with Crippen molar-refractivity contribution in [2.75, 3.05) is 0 Å². The average molecular weight is 358 g/mol. The number of hydrogen-bond donors (Lipinski definition) is 0. The van der Waals surface area contributed by atoms with Crippen LogP contribution in [-0.2, 0) is 0 Å². The summed E-state index contributed by atoms with van der Waals surface area (Å²) in [6.45, 7) is 1.96. The summed E-state index contributed by atoms with van der Waals surface area (Å²) in [6, 6.07) is 13.0. The highest BCUT2D eigenvalue weighted by Gasteiger charge is 2.14. The Labute approximate surface area is 117 Å². The second kappa shape index (κ2) is 5.32. The Morgan fingerprint density at radius 3 is 2.35 bits per heavy atom. The standard InChI is InChI=1S/C14H11Br2F/c1-9-2-7-13(17)12(8-9)14(16)10-3-5-11(15)6-4-10/h2-8,14H,1H3. The van der Waals surface area contributed by atoms with Gasteiger partial charge >= 0.3 is 0 Å². The van der Waals surface area contributed by atoms with Gasteiger partial charge in [0.1, 0.15) is 5.82 Å². The first-order valence-corrected chi connectivity index (χ1v) is 6.94. The first-order chi connectivity index (χ1) is 8.08. The van der Waals surface area contributed by atoms with Crippen LogP contribution in [0.15, 0.2) is 46.9 Å². The van der Waals surface area contributed by atoms with Gasteiger partial charge in [-0.3, -0.25) is 0 Å². The molecular formula is C14H11Br2F. The molecule has 0 aromatic heterocycles. The lowest BCUT2D eigenvalue weighted by atomic mass is 10.0. The van der Waals surface area contributed by atoms with Gasteiger partial charge in [-0.15, -0.1) is 0 Å². The summed E-state index contributed by atoms with van der Waals surface area (Å²) < 4.78 is 14.8. The quantitative estimate of drug-likeness (QED) is 0.633. The van der Waals surface area contributed by atoms with E-state index in [0.717, 1.165) is 15.6 Å².